The molecule has 0 aromatic carbocycles. The quantitative estimate of drug-likeness (QED) is 0.846. The van der Waals surface area contributed by atoms with Crippen molar-refractivity contribution in [2.45, 2.75) is 46.1 Å². The maximum Gasteiger partial charge on any atom is 0.202 e. The summed E-state index contributed by atoms with van der Waals surface area (Å²) in [5, 5.41) is 3.31. The molecule has 1 aromatic rings. The summed E-state index contributed by atoms with van der Waals surface area (Å²) in [5.74, 6) is 2.73. The van der Waals surface area contributed by atoms with Gasteiger partial charge in [0.1, 0.15) is 0 Å². The third kappa shape index (κ3) is 2.57. The zero-order valence-corrected chi connectivity index (χ0v) is 10.4. The number of rotatable bonds is 4. The molecule has 16 heavy (non-hydrogen) atoms. The van der Waals surface area contributed by atoms with E-state index in [0.29, 0.717) is 0 Å². The van der Waals surface area contributed by atoms with Gasteiger partial charge < -0.3 is 9.88 Å². The molecule has 2 unspecified atom stereocenters. The van der Waals surface area contributed by atoms with Crippen molar-refractivity contribution < 1.29 is 0 Å². The maximum atomic E-state index is 4.35. The molecule has 0 amide bonds. The molecule has 1 aromatic heterocycles. The van der Waals surface area contributed by atoms with E-state index in [9.17, 15) is 0 Å². The van der Waals surface area contributed by atoms with Crippen molar-refractivity contribution in [3.8, 4) is 0 Å². The second kappa shape index (κ2) is 5.37. The fraction of sp³-hybridized carbons (Fsp3) is 0.769. The lowest BCUT2D eigenvalue weighted by molar-refractivity contribution is 0.229. The lowest BCUT2D eigenvalue weighted by Crippen LogP contribution is -2.22. The number of anilines is 1. The maximum absolute atomic E-state index is 4.35. The predicted octanol–water partition coefficient (Wildman–Crippen LogP) is 3.14. The van der Waals surface area contributed by atoms with Crippen LogP contribution in [0.5, 0.6) is 0 Å². The molecule has 1 saturated carbocycles. The Morgan fingerprint density at radius 1 is 1.44 bits per heavy atom. The Morgan fingerprint density at radius 3 is 3.00 bits per heavy atom. The number of hydrogen-bond acceptors (Lipinski definition) is 2. The summed E-state index contributed by atoms with van der Waals surface area (Å²) in [4.78, 5) is 4.35. The number of nitrogens with zero attached hydrogens (tertiary/aromatic N) is 2. The molecule has 1 N–H and O–H groups in total. The van der Waals surface area contributed by atoms with Crippen LogP contribution < -0.4 is 5.32 Å². The van der Waals surface area contributed by atoms with Crippen LogP contribution in [0.25, 0.3) is 0 Å². The fourth-order valence-electron chi connectivity index (χ4n) is 2.70. The van der Waals surface area contributed by atoms with Gasteiger partial charge in [0.2, 0.25) is 5.95 Å². The highest BCUT2D eigenvalue weighted by Crippen LogP contribution is 2.31. The lowest BCUT2D eigenvalue weighted by Gasteiger charge is -2.29. The van der Waals surface area contributed by atoms with Crippen molar-refractivity contribution in [2.75, 3.05) is 11.9 Å². The number of imidazole rings is 1. The van der Waals surface area contributed by atoms with Crippen molar-refractivity contribution in [2.24, 2.45) is 11.8 Å². The van der Waals surface area contributed by atoms with Crippen molar-refractivity contribution in [1.29, 1.82) is 0 Å². The summed E-state index contributed by atoms with van der Waals surface area (Å²) >= 11 is 0. The smallest absolute Gasteiger partial charge is 0.202 e. The van der Waals surface area contributed by atoms with Crippen LogP contribution in [-0.2, 0) is 6.54 Å². The Balaban J connectivity index is 1.99. The Kier molecular flexibility index (Phi) is 3.86. The fourth-order valence-corrected chi connectivity index (χ4v) is 2.70. The topological polar surface area (TPSA) is 29.9 Å². The van der Waals surface area contributed by atoms with Crippen LogP contribution in [-0.4, -0.2) is 16.1 Å². The van der Waals surface area contributed by atoms with Crippen LogP contribution >= 0.6 is 0 Å². The van der Waals surface area contributed by atoms with E-state index in [2.05, 4.69) is 34.9 Å². The van der Waals surface area contributed by atoms with E-state index in [-0.39, 0.29) is 0 Å². The largest absolute Gasteiger partial charge is 0.356 e. The lowest BCUT2D eigenvalue weighted by atomic mass is 9.80. The standard InChI is InChI=1S/C13H23N3/c1-3-14-13-15-8-9-16(13)10-12-7-5-4-6-11(12)2/h8-9,11-12H,3-7,10H2,1-2H3,(H,14,15). The second-order valence-corrected chi connectivity index (χ2v) is 4.96. The molecule has 1 fully saturated rings. The minimum absolute atomic E-state index is 0.834. The number of aromatic nitrogens is 2. The SMILES string of the molecule is CCNc1nccn1CC1CCCCC1C. The average molecular weight is 221 g/mol. The van der Waals surface area contributed by atoms with Crippen molar-refractivity contribution in [3.05, 3.63) is 12.4 Å². The molecule has 3 nitrogen and oxygen atoms in total. The molecule has 0 aliphatic heterocycles. The molecule has 2 atom stereocenters. The highest BCUT2D eigenvalue weighted by Gasteiger charge is 2.22. The van der Waals surface area contributed by atoms with Gasteiger partial charge in [-0.25, -0.2) is 4.98 Å². The molecule has 3 heteroatoms. The van der Waals surface area contributed by atoms with Gasteiger partial charge in [-0.2, -0.15) is 0 Å². The van der Waals surface area contributed by atoms with Gasteiger partial charge in [0.15, 0.2) is 0 Å². The number of hydrogen-bond donors (Lipinski definition) is 1. The molecular weight excluding hydrogens is 198 g/mol. The van der Waals surface area contributed by atoms with Crippen LogP contribution in [0.15, 0.2) is 12.4 Å². The van der Waals surface area contributed by atoms with Gasteiger partial charge in [-0.15, -0.1) is 0 Å². The first-order valence-electron chi connectivity index (χ1n) is 6.56. The van der Waals surface area contributed by atoms with Crippen molar-refractivity contribution in [3.63, 3.8) is 0 Å². The highest BCUT2D eigenvalue weighted by molar-refractivity contribution is 5.25. The van der Waals surface area contributed by atoms with Gasteiger partial charge in [-0.05, 0) is 25.2 Å². The molecule has 1 aliphatic carbocycles. The minimum Gasteiger partial charge on any atom is -0.356 e. The van der Waals surface area contributed by atoms with Crippen LogP contribution in [0.2, 0.25) is 0 Å². The summed E-state index contributed by atoms with van der Waals surface area (Å²) in [7, 11) is 0. The van der Waals surface area contributed by atoms with Gasteiger partial charge in [-0.1, -0.05) is 26.2 Å². The highest BCUT2D eigenvalue weighted by atomic mass is 15.2. The summed E-state index contributed by atoms with van der Waals surface area (Å²) in [6.45, 7) is 6.58. The van der Waals surface area contributed by atoms with Gasteiger partial charge in [-0.3, -0.25) is 0 Å². The molecule has 1 heterocycles. The summed E-state index contributed by atoms with van der Waals surface area (Å²) in [5.41, 5.74) is 0. The van der Waals surface area contributed by atoms with Crippen molar-refractivity contribution >= 4 is 5.95 Å². The molecule has 2 rings (SSSR count). The van der Waals surface area contributed by atoms with Gasteiger partial charge in [0.25, 0.3) is 0 Å². The first-order chi connectivity index (χ1) is 7.81. The summed E-state index contributed by atoms with van der Waals surface area (Å²) in [6, 6.07) is 0. The molecule has 1 aliphatic rings. The Morgan fingerprint density at radius 2 is 2.25 bits per heavy atom. The summed E-state index contributed by atoms with van der Waals surface area (Å²) < 4.78 is 2.27. The second-order valence-electron chi connectivity index (χ2n) is 4.96. The van der Waals surface area contributed by atoms with E-state index in [4.69, 9.17) is 0 Å². The van der Waals surface area contributed by atoms with Gasteiger partial charge in [0.05, 0.1) is 0 Å². The third-order valence-corrected chi connectivity index (χ3v) is 3.77. The average Bonchev–Trinajstić information content (AvgIpc) is 2.70. The van der Waals surface area contributed by atoms with E-state index in [1.807, 2.05) is 6.20 Å². The third-order valence-electron chi connectivity index (χ3n) is 3.77. The van der Waals surface area contributed by atoms with Crippen molar-refractivity contribution in [1.82, 2.24) is 9.55 Å². The van der Waals surface area contributed by atoms with Crippen LogP contribution in [0.3, 0.4) is 0 Å². The van der Waals surface area contributed by atoms with Gasteiger partial charge >= 0.3 is 0 Å². The van der Waals surface area contributed by atoms with Crippen LogP contribution in [0, 0.1) is 11.8 Å². The molecule has 0 bridgehead atoms. The van der Waals surface area contributed by atoms with Gasteiger partial charge in [0, 0.05) is 25.5 Å². The summed E-state index contributed by atoms with van der Waals surface area (Å²) in [6.07, 6.45) is 9.59. The molecular formula is C13H23N3. The normalized spacial score (nSPS) is 25.6. The Labute approximate surface area is 98.3 Å². The molecule has 0 spiro atoms. The molecule has 90 valence electrons. The monoisotopic (exact) mass is 221 g/mol. The zero-order valence-electron chi connectivity index (χ0n) is 10.4. The first-order valence-corrected chi connectivity index (χ1v) is 6.56. The minimum atomic E-state index is 0.834. The van der Waals surface area contributed by atoms with Crippen LogP contribution in [0.1, 0.15) is 39.5 Å². The number of nitrogens with one attached hydrogen (secondary N) is 1. The molecule has 0 saturated heterocycles. The first kappa shape index (κ1) is 11.5. The predicted molar refractivity (Wildman–Crippen MR) is 67.5 cm³/mol. The van der Waals surface area contributed by atoms with E-state index >= 15 is 0 Å². The van der Waals surface area contributed by atoms with E-state index < -0.39 is 0 Å². The van der Waals surface area contributed by atoms with E-state index in [0.717, 1.165) is 30.9 Å². The van der Waals surface area contributed by atoms with Crippen LogP contribution in [0.4, 0.5) is 5.95 Å². The van der Waals surface area contributed by atoms with E-state index in [1.54, 1.807) is 0 Å². The zero-order chi connectivity index (χ0) is 11.4. The van der Waals surface area contributed by atoms with E-state index in [1.165, 1.54) is 25.7 Å². The Bertz CT molecular complexity index is 319. The Hall–Kier alpha value is -0.990. The molecule has 0 radical (unpaired) electrons.